The molecule has 0 saturated heterocycles. The maximum atomic E-state index is 13.6. The Hall–Kier alpha value is -3.68. The van der Waals surface area contributed by atoms with E-state index >= 15 is 0 Å². The summed E-state index contributed by atoms with van der Waals surface area (Å²) in [5.41, 5.74) is 1.32. The van der Waals surface area contributed by atoms with Gasteiger partial charge in [0.1, 0.15) is 17.2 Å². The first-order valence-electron chi connectivity index (χ1n) is 10.7. The molecular formula is C25H26N2O6. The maximum absolute atomic E-state index is 13.6. The summed E-state index contributed by atoms with van der Waals surface area (Å²) in [6.07, 6.45) is 0.785. The number of nitro benzene ring substituents is 1. The molecule has 2 aliphatic rings. The second kappa shape index (κ2) is 8.35. The van der Waals surface area contributed by atoms with Gasteiger partial charge in [0.2, 0.25) is 5.91 Å². The molecule has 8 heteroatoms. The molecule has 1 aliphatic heterocycles. The number of Topliss-reactive ketones (excluding diaryl/α,β-unsaturated/α-hetero) is 1. The summed E-state index contributed by atoms with van der Waals surface area (Å²) in [6, 6.07) is 11.7. The van der Waals surface area contributed by atoms with Gasteiger partial charge in [0.05, 0.1) is 25.2 Å². The first kappa shape index (κ1) is 22.5. The van der Waals surface area contributed by atoms with Gasteiger partial charge in [-0.15, -0.1) is 0 Å². The lowest BCUT2D eigenvalue weighted by Crippen LogP contribution is -2.44. The summed E-state index contributed by atoms with van der Waals surface area (Å²) >= 11 is 0. The zero-order valence-corrected chi connectivity index (χ0v) is 19.1. The van der Waals surface area contributed by atoms with Crippen LogP contribution in [0.2, 0.25) is 0 Å². The SMILES string of the molecule is COc1ccc(N2C(=O)CC(c3ccccc3OC)C3=C2CC(C)(C)CC3=O)c([N+](=O)[O-])c1. The van der Waals surface area contributed by atoms with Gasteiger partial charge in [-0.3, -0.25) is 24.6 Å². The number of benzene rings is 2. The molecule has 2 aromatic rings. The fourth-order valence-corrected chi connectivity index (χ4v) is 4.88. The molecule has 1 heterocycles. The normalized spacial score (nSPS) is 19.9. The highest BCUT2D eigenvalue weighted by Crippen LogP contribution is 2.50. The van der Waals surface area contributed by atoms with Crippen LogP contribution in [0.3, 0.4) is 0 Å². The molecule has 172 valence electrons. The molecule has 1 aliphatic carbocycles. The predicted molar refractivity (Wildman–Crippen MR) is 123 cm³/mol. The molecule has 4 rings (SSSR count). The van der Waals surface area contributed by atoms with Crippen LogP contribution in [0.5, 0.6) is 11.5 Å². The number of para-hydroxylation sites is 1. The Kier molecular flexibility index (Phi) is 5.69. The Morgan fingerprint density at radius 3 is 2.45 bits per heavy atom. The van der Waals surface area contributed by atoms with Crippen LogP contribution in [0.25, 0.3) is 0 Å². The summed E-state index contributed by atoms with van der Waals surface area (Å²) in [5.74, 6) is 0.0924. The molecule has 2 aromatic carbocycles. The van der Waals surface area contributed by atoms with Crippen LogP contribution in [0.1, 0.15) is 44.6 Å². The Bertz CT molecular complexity index is 1180. The van der Waals surface area contributed by atoms with Crippen LogP contribution >= 0.6 is 0 Å². The predicted octanol–water partition coefficient (Wildman–Crippen LogP) is 4.78. The van der Waals surface area contributed by atoms with E-state index in [9.17, 15) is 19.7 Å². The average molecular weight is 450 g/mol. The van der Waals surface area contributed by atoms with Crippen molar-refractivity contribution in [3.8, 4) is 11.5 Å². The molecule has 0 radical (unpaired) electrons. The number of hydrogen-bond acceptors (Lipinski definition) is 6. The first-order valence-corrected chi connectivity index (χ1v) is 10.7. The van der Waals surface area contributed by atoms with Crippen LogP contribution in [-0.4, -0.2) is 30.8 Å². The molecule has 0 aromatic heterocycles. The largest absolute Gasteiger partial charge is 0.496 e. The molecule has 0 N–H and O–H groups in total. The number of nitro groups is 1. The minimum Gasteiger partial charge on any atom is -0.496 e. The fraction of sp³-hybridized carbons (Fsp3) is 0.360. The van der Waals surface area contributed by atoms with Crippen molar-refractivity contribution in [3.05, 3.63) is 69.4 Å². The number of allylic oxidation sites excluding steroid dienone is 2. The van der Waals surface area contributed by atoms with Crippen molar-refractivity contribution in [1.29, 1.82) is 0 Å². The van der Waals surface area contributed by atoms with Crippen molar-refractivity contribution in [2.75, 3.05) is 19.1 Å². The molecule has 0 bridgehead atoms. The average Bonchev–Trinajstić information content (AvgIpc) is 2.77. The van der Waals surface area contributed by atoms with Gasteiger partial charge < -0.3 is 9.47 Å². The lowest BCUT2D eigenvalue weighted by Gasteiger charge is -2.42. The van der Waals surface area contributed by atoms with Gasteiger partial charge in [0.25, 0.3) is 5.69 Å². The highest BCUT2D eigenvalue weighted by molar-refractivity contribution is 6.08. The van der Waals surface area contributed by atoms with Crippen molar-refractivity contribution in [3.63, 3.8) is 0 Å². The number of methoxy groups -OCH3 is 2. The van der Waals surface area contributed by atoms with Gasteiger partial charge in [-0.05, 0) is 30.0 Å². The summed E-state index contributed by atoms with van der Waals surface area (Å²) in [7, 11) is 2.98. The standard InChI is InChI=1S/C25H26N2O6/c1-25(2)13-20-24(21(28)14-25)17(16-7-5-6-8-22(16)33-4)12-23(29)26(20)18-10-9-15(32-3)11-19(18)27(30)31/h5-11,17H,12-14H2,1-4H3. The fourth-order valence-electron chi connectivity index (χ4n) is 4.88. The number of amides is 1. The van der Waals surface area contributed by atoms with Crippen molar-refractivity contribution in [1.82, 2.24) is 0 Å². The van der Waals surface area contributed by atoms with Crippen LogP contribution in [0.15, 0.2) is 53.7 Å². The molecule has 1 amide bonds. The second-order valence-corrected chi connectivity index (χ2v) is 9.14. The third-order valence-electron chi connectivity index (χ3n) is 6.28. The molecular weight excluding hydrogens is 424 g/mol. The molecule has 33 heavy (non-hydrogen) atoms. The molecule has 0 spiro atoms. The lowest BCUT2D eigenvalue weighted by atomic mass is 9.69. The zero-order valence-electron chi connectivity index (χ0n) is 19.1. The molecule has 8 nitrogen and oxygen atoms in total. The van der Waals surface area contributed by atoms with E-state index in [0.717, 1.165) is 5.56 Å². The van der Waals surface area contributed by atoms with Crippen LogP contribution in [-0.2, 0) is 9.59 Å². The number of ether oxygens (including phenoxy) is 2. The number of ketones is 1. The quantitative estimate of drug-likeness (QED) is 0.480. The van der Waals surface area contributed by atoms with Gasteiger partial charge in [-0.2, -0.15) is 0 Å². The van der Waals surface area contributed by atoms with Crippen LogP contribution in [0.4, 0.5) is 11.4 Å². The topological polar surface area (TPSA) is 99.0 Å². The van der Waals surface area contributed by atoms with Gasteiger partial charge in [-0.1, -0.05) is 32.0 Å². The Morgan fingerprint density at radius 1 is 1.06 bits per heavy atom. The molecule has 1 atom stereocenters. The van der Waals surface area contributed by atoms with E-state index in [4.69, 9.17) is 9.47 Å². The summed E-state index contributed by atoms with van der Waals surface area (Å²) in [5, 5.41) is 11.9. The maximum Gasteiger partial charge on any atom is 0.297 e. The first-order chi connectivity index (χ1) is 15.7. The molecule has 0 saturated carbocycles. The summed E-state index contributed by atoms with van der Waals surface area (Å²) in [6.45, 7) is 3.93. The number of carbonyl (C=O) groups excluding carboxylic acids is 2. The number of rotatable bonds is 5. The van der Waals surface area contributed by atoms with Gasteiger partial charge >= 0.3 is 0 Å². The smallest absolute Gasteiger partial charge is 0.297 e. The van der Waals surface area contributed by atoms with Gasteiger partial charge in [0, 0.05) is 35.6 Å². The van der Waals surface area contributed by atoms with Gasteiger partial charge in [-0.25, -0.2) is 0 Å². The van der Waals surface area contributed by atoms with Crippen molar-refractivity contribution >= 4 is 23.1 Å². The Labute approximate surface area is 191 Å². The van der Waals surface area contributed by atoms with Crippen molar-refractivity contribution in [2.45, 2.75) is 39.0 Å². The number of nitrogens with zero attached hydrogens (tertiary/aromatic N) is 2. The molecule has 1 unspecified atom stereocenters. The van der Waals surface area contributed by atoms with E-state index in [1.807, 2.05) is 32.0 Å². The van der Waals surface area contributed by atoms with Crippen LogP contribution in [0, 0.1) is 15.5 Å². The minimum atomic E-state index is -0.534. The monoisotopic (exact) mass is 450 g/mol. The van der Waals surface area contributed by atoms with E-state index in [-0.39, 0.29) is 29.5 Å². The summed E-state index contributed by atoms with van der Waals surface area (Å²) < 4.78 is 10.7. The van der Waals surface area contributed by atoms with E-state index in [2.05, 4.69) is 0 Å². The summed E-state index contributed by atoms with van der Waals surface area (Å²) in [4.78, 5) is 39.7. The Morgan fingerprint density at radius 2 is 1.79 bits per heavy atom. The zero-order chi connectivity index (χ0) is 23.9. The highest BCUT2D eigenvalue weighted by Gasteiger charge is 2.46. The minimum absolute atomic E-state index is 0.00849. The number of carbonyl (C=O) groups is 2. The molecule has 0 fully saturated rings. The third kappa shape index (κ3) is 3.97. The lowest BCUT2D eigenvalue weighted by molar-refractivity contribution is -0.384. The van der Waals surface area contributed by atoms with E-state index in [1.165, 1.54) is 24.1 Å². The third-order valence-corrected chi connectivity index (χ3v) is 6.28. The number of anilines is 1. The number of hydrogen-bond donors (Lipinski definition) is 0. The van der Waals surface area contributed by atoms with Crippen LogP contribution < -0.4 is 14.4 Å². The van der Waals surface area contributed by atoms with E-state index in [1.54, 1.807) is 19.2 Å². The second-order valence-electron chi connectivity index (χ2n) is 9.14. The van der Waals surface area contributed by atoms with Gasteiger partial charge in [0.15, 0.2) is 5.78 Å². The van der Waals surface area contributed by atoms with E-state index in [0.29, 0.717) is 35.6 Å². The van der Waals surface area contributed by atoms with E-state index < -0.39 is 16.3 Å². The van der Waals surface area contributed by atoms with Crippen molar-refractivity contribution < 1.29 is 24.0 Å². The highest BCUT2D eigenvalue weighted by atomic mass is 16.6. The van der Waals surface area contributed by atoms with Crippen molar-refractivity contribution in [2.24, 2.45) is 5.41 Å². The Balaban J connectivity index is 1.96.